The van der Waals surface area contributed by atoms with Crippen LogP contribution in [0.3, 0.4) is 0 Å². The van der Waals surface area contributed by atoms with Crippen LogP contribution in [0.5, 0.6) is 5.75 Å². The Kier molecular flexibility index (Phi) is 4.79. The first-order chi connectivity index (χ1) is 7.63. The molecule has 0 saturated carbocycles. The predicted octanol–water partition coefficient (Wildman–Crippen LogP) is 1.01. The highest BCUT2D eigenvalue weighted by Crippen LogP contribution is 2.09. The number of amides is 1. The number of benzene rings is 1. The second kappa shape index (κ2) is 6.12. The molecule has 0 aromatic heterocycles. The molecule has 4 heteroatoms. The van der Waals surface area contributed by atoms with Gasteiger partial charge in [-0.15, -0.1) is 0 Å². The zero-order valence-corrected chi connectivity index (χ0v) is 9.99. The van der Waals surface area contributed by atoms with E-state index in [-0.39, 0.29) is 5.91 Å². The summed E-state index contributed by atoms with van der Waals surface area (Å²) in [5, 5.41) is 2.90. The topological polar surface area (TPSA) is 41.6 Å². The third-order valence-corrected chi connectivity index (χ3v) is 2.31. The molecule has 16 heavy (non-hydrogen) atoms. The van der Waals surface area contributed by atoms with Gasteiger partial charge in [-0.2, -0.15) is 0 Å². The summed E-state index contributed by atoms with van der Waals surface area (Å²) in [4.78, 5) is 12.1. The molecule has 1 N–H and O–H groups in total. The summed E-state index contributed by atoms with van der Waals surface area (Å²) >= 11 is 0. The highest BCUT2D eigenvalue weighted by Gasteiger charge is 2.13. The smallest absolute Gasteiger partial charge is 0.237 e. The highest BCUT2D eigenvalue weighted by molar-refractivity contribution is 5.79. The zero-order valence-electron chi connectivity index (χ0n) is 9.99. The lowest BCUT2D eigenvalue weighted by atomic mass is 10.2. The molecule has 1 saturated heterocycles. The van der Waals surface area contributed by atoms with Crippen LogP contribution in [0.4, 0.5) is 0 Å². The number of nitrogens with zero attached hydrogens (tertiary/aromatic N) is 1. The van der Waals surface area contributed by atoms with E-state index in [0.29, 0.717) is 13.2 Å². The normalized spacial score (nSPS) is 14.4. The average molecular weight is 222 g/mol. The van der Waals surface area contributed by atoms with E-state index >= 15 is 0 Å². The SMILES string of the molecule is CN1CNCC1=O.COc1ccc(C)cc1. The largest absolute Gasteiger partial charge is 0.497 e. The van der Waals surface area contributed by atoms with E-state index in [0.717, 1.165) is 5.75 Å². The van der Waals surface area contributed by atoms with Crippen molar-refractivity contribution in [1.29, 1.82) is 0 Å². The van der Waals surface area contributed by atoms with Crippen LogP contribution >= 0.6 is 0 Å². The average Bonchev–Trinajstić information content (AvgIpc) is 2.65. The number of methoxy groups -OCH3 is 1. The number of nitrogens with one attached hydrogen (secondary N) is 1. The molecule has 1 aromatic carbocycles. The summed E-state index contributed by atoms with van der Waals surface area (Å²) < 4.78 is 4.97. The lowest BCUT2D eigenvalue weighted by Crippen LogP contribution is -2.20. The molecule has 0 aliphatic carbocycles. The first kappa shape index (κ1) is 12.5. The van der Waals surface area contributed by atoms with E-state index in [1.165, 1.54) is 5.56 Å². The van der Waals surface area contributed by atoms with Gasteiger partial charge in [-0.3, -0.25) is 10.1 Å². The minimum Gasteiger partial charge on any atom is -0.497 e. The number of aryl methyl sites for hydroxylation is 1. The van der Waals surface area contributed by atoms with Crippen molar-refractivity contribution in [1.82, 2.24) is 10.2 Å². The van der Waals surface area contributed by atoms with Gasteiger partial charge in [-0.05, 0) is 19.1 Å². The van der Waals surface area contributed by atoms with Crippen LogP contribution < -0.4 is 10.1 Å². The fourth-order valence-electron chi connectivity index (χ4n) is 1.23. The van der Waals surface area contributed by atoms with Crippen molar-refractivity contribution < 1.29 is 9.53 Å². The van der Waals surface area contributed by atoms with Crippen LogP contribution in [0.15, 0.2) is 24.3 Å². The molecule has 1 fully saturated rings. The first-order valence-corrected chi connectivity index (χ1v) is 5.19. The third-order valence-electron chi connectivity index (χ3n) is 2.31. The Hall–Kier alpha value is -1.55. The van der Waals surface area contributed by atoms with Crippen LogP contribution in [0.25, 0.3) is 0 Å². The summed E-state index contributed by atoms with van der Waals surface area (Å²) in [7, 11) is 3.45. The molecule has 1 aromatic rings. The number of ether oxygens (including phenoxy) is 1. The maximum Gasteiger partial charge on any atom is 0.237 e. The van der Waals surface area contributed by atoms with Gasteiger partial charge >= 0.3 is 0 Å². The monoisotopic (exact) mass is 222 g/mol. The van der Waals surface area contributed by atoms with Gasteiger partial charge in [0, 0.05) is 7.05 Å². The lowest BCUT2D eigenvalue weighted by Gasteiger charge is -2.02. The van der Waals surface area contributed by atoms with E-state index in [1.54, 1.807) is 19.1 Å². The summed E-state index contributed by atoms with van der Waals surface area (Å²) in [6.45, 7) is 3.27. The van der Waals surface area contributed by atoms with Crippen molar-refractivity contribution in [2.75, 3.05) is 27.4 Å². The van der Waals surface area contributed by atoms with Gasteiger partial charge in [0.2, 0.25) is 5.91 Å². The van der Waals surface area contributed by atoms with E-state index < -0.39 is 0 Å². The van der Waals surface area contributed by atoms with Gasteiger partial charge in [-0.25, -0.2) is 0 Å². The van der Waals surface area contributed by atoms with E-state index in [4.69, 9.17) is 4.74 Å². The molecule has 0 radical (unpaired) electrons. The van der Waals surface area contributed by atoms with Gasteiger partial charge in [0.25, 0.3) is 0 Å². The highest BCUT2D eigenvalue weighted by atomic mass is 16.5. The van der Waals surface area contributed by atoms with Crippen molar-refractivity contribution in [3.05, 3.63) is 29.8 Å². The van der Waals surface area contributed by atoms with Crippen molar-refractivity contribution >= 4 is 5.91 Å². The Balaban J connectivity index is 0.000000165. The van der Waals surface area contributed by atoms with Gasteiger partial charge in [-0.1, -0.05) is 17.7 Å². The van der Waals surface area contributed by atoms with Crippen molar-refractivity contribution in [3.8, 4) is 5.75 Å². The third kappa shape index (κ3) is 3.90. The molecule has 1 heterocycles. The van der Waals surface area contributed by atoms with Gasteiger partial charge in [0.1, 0.15) is 5.75 Å². The van der Waals surface area contributed by atoms with Gasteiger partial charge in [0.15, 0.2) is 0 Å². The molecule has 1 aliphatic heterocycles. The standard InChI is InChI=1S/C8H10O.C4H8N2O/c1-7-3-5-8(9-2)6-4-7;1-6-3-5-2-4(6)7/h3-6H,1-2H3;5H,2-3H2,1H3. The number of carbonyl (C=O) groups is 1. The van der Waals surface area contributed by atoms with E-state index in [9.17, 15) is 4.79 Å². The fraction of sp³-hybridized carbons (Fsp3) is 0.417. The number of carbonyl (C=O) groups excluding carboxylic acids is 1. The molecule has 1 aliphatic rings. The van der Waals surface area contributed by atoms with Crippen molar-refractivity contribution in [2.24, 2.45) is 0 Å². The second-order valence-electron chi connectivity index (χ2n) is 3.69. The Labute approximate surface area is 96.2 Å². The Morgan fingerprint density at radius 3 is 2.25 bits per heavy atom. The Bertz CT molecular complexity index is 335. The van der Waals surface area contributed by atoms with Crippen LogP contribution in [-0.4, -0.2) is 38.2 Å². The molecule has 2 rings (SSSR count). The van der Waals surface area contributed by atoms with Crippen LogP contribution in [-0.2, 0) is 4.79 Å². The number of hydrogen-bond donors (Lipinski definition) is 1. The lowest BCUT2D eigenvalue weighted by molar-refractivity contribution is -0.125. The fourth-order valence-corrected chi connectivity index (χ4v) is 1.23. The second-order valence-corrected chi connectivity index (χ2v) is 3.69. The minimum absolute atomic E-state index is 0.181. The first-order valence-electron chi connectivity index (χ1n) is 5.19. The molecule has 0 unspecified atom stereocenters. The molecule has 88 valence electrons. The van der Waals surface area contributed by atoms with Crippen molar-refractivity contribution in [2.45, 2.75) is 6.92 Å². The molecular formula is C12H18N2O2. The minimum atomic E-state index is 0.181. The van der Waals surface area contributed by atoms with E-state index in [1.807, 2.05) is 24.3 Å². The maximum atomic E-state index is 10.4. The summed E-state index contributed by atoms with van der Waals surface area (Å²) in [5.74, 6) is 1.10. The number of rotatable bonds is 1. The molecule has 0 atom stereocenters. The molecule has 1 amide bonds. The number of likely N-dealkylation sites (N-methyl/N-ethyl adjacent to an activating group) is 1. The Morgan fingerprint density at radius 1 is 1.31 bits per heavy atom. The van der Waals surface area contributed by atoms with Crippen LogP contribution in [0.2, 0.25) is 0 Å². The quantitative estimate of drug-likeness (QED) is 0.771. The molecule has 0 spiro atoms. The number of hydrogen-bond acceptors (Lipinski definition) is 3. The summed E-state index contributed by atoms with van der Waals surface area (Å²) in [5.41, 5.74) is 1.26. The summed E-state index contributed by atoms with van der Waals surface area (Å²) in [6.07, 6.45) is 0. The summed E-state index contributed by atoms with van der Waals surface area (Å²) in [6, 6.07) is 7.96. The van der Waals surface area contributed by atoms with Crippen LogP contribution in [0.1, 0.15) is 5.56 Å². The Morgan fingerprint density at radius 2 is 1.94 bits per heavy atom. The predicted molar refractivity (Wildman–Crippen MR) is 63.4 cm³/mol. The maximum absolute atomic E-state index is 10.4. The zero-order chi connectivity index (χ0) is 12.0. The molecule has 0 bridgehead atoms. The van der Waals surface area contributed by atoms with Gasteiger partial charge in [0.05, 0.1) is 20.3 Å². The van der Waals surface area contributed by atoms with E-state index in [2.05, 4.69) is 12.2 Å². The van der Waals surface area contributed by atoms with Crippen molar-refractivity contribution in [3.63, 3.8) is 0 Å². The van der Waals surface area contributed by atoms with Gasteiger partial charge < -0.3 is 9.64 Å². The molecule has 4 nitrogen and oxygen atoms in total. The van der Waals surface area contributed by atoms with Crippen LogP contribution in [0, 0.1) is 6.92 Å². The molecular weight excluding hydrogens is 204 g/mol.